The van der Waals surface area contributed by atoms with Gasteiger partial charge in [0.05, 0.1) is 0 Å². The van der Waals surface area contributed by atoms with Gasteiger partial charge < -0.3 is 0 Å². The number of carbonyl (C=O) groups excluding carboxylic acids is 1. The third kappa shape index (κ3) is 6.25. The minimum atomic E-state index is -0.247. The summed E-state index contributed by atoms with van der Waals surface area (Å²) in [5, 5.41) is 21.1. The first-order chi connectivity index (χ1) is 14.1. The van der Waals surface area contributed by atoms with Crippen LogP contribution in [0, 0.1) is 3.70 Å². The summed E-state index contributed by atoms with van der Waals surface area (Å²) < 4.78 is 10.6. The van der Waals surface area contributed by atoms with Gasteiger partial charge in [-0.1, -0.05) is 6.92 Å². The number of hydrogen-bond donors (Lipinski definition) is 3. The van der Waals surface area contributed by atoms with Crippen LogP contribution < -0.4 is 27.9 Å². The van der Waals surface area contributed by atoms with Gasteiger partial charge in [-0.25, -0.2) is 0 Å². The van der Waals surface area contributed by atoms with Crippen LogP contribution in [0.25, 0.3) is 5.82 Å². The number of ether oxygens (including phenoxy) is 1. The number of fused-ring (bicyclic) bond motifs is 1. The molecular weight excluding hydrogens is 666 g/mol. The minimum absolute atomic E-state index is 0.0901. The molecule has 0 aliphatic carbocycles. The molecule has 0 spiro atoms. The Kier molecular flexibility index (Phi) is 8.93. The maximum absolute atomic E-state index is 11.8. The summed E-state index contributed by atoms with van der Waals surface area (Å²) in [6, 6.07) is 7.46. The van der Waals surface area contributed by atoms with E-state index in [1.54, 1.807) is 6.07 Å². The molecule has 1 aromatic carbocycles. The summed E-state index contributed by atoms with van der Waals surface area (Å²) in [6.45, 7) is 3.74. The van der Waals surface area contributed by atoms with Crippen molar-refractivity contribution in [3.05, 3.63) is 50.3 Å². The Bertz CT molecular complexity index is 930. The number of aromatic nitrogens is 2. The van der Waals surface area contributed by atoms with E-state index in [-0.39, 0.29) is 46.5 Å². The number of nitrogens with one attached hydrogen (secondary N) is 2. The van der Waals surface area contributed by atoms with Crippen molar-refractivity contribution in [2.45, 2.75) is 13.3 Å². The molecule has 0 atom stereocenters. The standard InChI is InChI=1S/C19H22BrI2N4O3/c1-2-9-29-12-18(28)24-8-7-23-17-10-15(13-5-3-4-6-16(13)27)21-22-19-14(20)11-25-26(17)19/h3-6,10-11,23,27H,2,7-9,12H2,1H3,(H,24,28)/q-1. The average molecular weight is 688 g/mol. The second kappa shape index (κ2) is 11.4. The van der Waals surface area contributed by atoms with Gasteiger partial charge in [0, 0.05) is 0 Å². The van der Waals surface area contributed by atoms with E-state index in [4.69, 9.17) is 4.74 Å². The molecule has 10 heteroatoms. The van der Waals surface area contributed by atoms with Crippen molar-refractivity contribution < 1.29 is 31.9 Å². The Morgan fingerprint density at radius 2 is 2.21 bits per heavy atom. The van der Waals surface area contributed by atoms with Crippen LogP contribution in [0.15, 0.2) is 41.0 Å². The molecule has 2 aromatic rings. The van der Waals surface area contributed by atoms with Crippen molar-refractivity contribution in [2.24, 2.45) is 0 Å². The number of nitrogens with zero attached hydrogens (tertiary/aromatic N) is 2. The summed E-state index contributed by atoms with van der Waals surface area (Å²) in [5.74, 6) is 1.05. The molecule has 2 heterocycles. The number of phenols is 1. The van der Waals surface area contributed by atoms with E-state index in [1.807, 2.05) is 36.0 Å². The molecule has 1 aromatic heterocycles. The number of aromatic hydroxyl groups is 1. The Balaban J connectivity index is 1.70. The molecule has 0 unspecified atom stereocenters. The first kappa shape index (κ1) is 22.7. The predicted octanol–water partition coefficient (Wildman–Crippen LogP) is -0.339. The van der Waals surface area contributed by atoms with Crippen molar-refractivity contribution in [3.8, 4) is 5.75 Å². The van der Waals surface area contributed by atoms with Gasteiger partial charge in [0.25, 0.3) is 0 Å². The molecule has 0 bridgehead atoms. The average Bonchev–Trinajstić information content (AvgIpc) is 2.97. The molecule has 1 aliphatic rings. The van der Waals surface area contributed by atoms with Gasteiger partial charge in [-0.2, -0.15) is 0 Å². The summed E-state index contributed by atoms with van der Waals surface area (Å²) in [5.41, 5.74) is 0.891. The second-order valence-corrected chi connectivity index (χ2v) is 15.4. The quantitative estimate of drug-likeness (QED) is 0.248. The zero-order valence-electron chi connectivity index (χ0n) is 15.8. The summed E-state index contributed by atoms with van der Waals surface area (Å²) in [6.07, 6.45) is 4.81. The van der Waals surface area contributed by atoms with E-state index in [1.165, 1.54) is 7.21 Å². The number of hydrogen-bond acceptors (Lipinski definition) is 5. The molecule has 3 rings (SSSR count). The van der Waals surface area contributed by atoms with Gasteiger partial charge in [0.15, 0.2) is 0 Å². The van der Waals surface area contributed by atoms with Gasteiger partial charge in [-0.15, -0.1) is 0 Å². The van der Waals surface area contributed by atoms with Gasteiger partial charge >= 0.3 is 189 Å². The SMILES string of the molecule is CCCOCC(=O)NCCNC1=CC(c2ccccc2O)=I[I-]c2c(Br)cnn21. The second-order valence-electron chi connectivity index (χ2n) is 6.06. The fourth-order valence-electron chi connectivity index (χ4n) is 2.49. The number of benzene rings is 1. The fourth-order valence-corrected chi connectivity index (χ4v) is 15.2. The fraction of sp³-hybridized carbons (Fsp3) is 0.316. The predicted molar refractivity (Wildman–Crippen MR) is 121 cm³/mol. The number of amides is 1. The Labute approximate surface area is 194 Å². The number of para-hydroxylation sites is 1. The molecule has 7 nitrogen and oxygen atoms in total. The number of halogens is 3. The van der Waals surface area contributed by atoms with Gasteiger partial charge in [-0.05, 0) is 0 Å². The molecule has 0 saturated carbocycles. The monoisotopic (exact) mass is 687 g/mol. The topological polar surface area (TPSA) is 88.4 Å². The van der Waals surface area contributed by atoms with Crippen molar-refractivity contribution in [1.82, 2.24) is 20.4 Å². The Morgan fingerprint density at radius 1 is 1.38 bits per heavy atom. The molecule has 1 amide bonds. The Hall–Kier alpha value is -0.990. The van der Waals surface area contributed by atoms with E-state index >= 15 is 0 Å². The van der Waals surface area contributed by atoms with Gasteiger partial charge in [0.1, 0.15) is 0 Å². The van der Waals surface area contributed by atoms with E-state index in [0.717, 1.165) is 22.3 Å². The van der Waals surface area contributed by atoms with E-state index in [9.17, 15) is 9.90 Å². The zero-order valence-corrected chi connectivity index (χ0v) is 21.7. The molecule has 1 aliphatic heterocycles. The van der Waals surface area contributed by atoms with Crippen LogP contribution in [0.3, 0.4) is 0 Å². The van der Waals surface area contributed by atoms with Crippen molar-refractivity contribution in [1.29, 1.82) is 0 Å². The van der Waals surface area contributed by atoms with E-state index in [0.29, 0.717) is 25.4 Å². The van der Waals surface area contributed by atoms with Crippen molar-refractivity contribution in [3.63, 3.8) is 0 Å². The molecule has 0 fully saturated rings. The molecule has 158 valence electrons. The Morgan fingerprint density at radius 3 is 3.00 bits per heavy atom. The van der Waals surface area contributed by atoms with Crippen molar-refractivity contribution in [2.75, 3.05) is 26.3 Å². The molecule has 29 heavy (non-hydrogen) atoms. The van der Waals surface area contributed by atoms with Gasteiger partial charge in [0.2, 0.25) is 0 Å². The molecular formula is C19H22BrI2N4O3-. The van der Waals surface area contributed by atoms with Crippen LogP contribution >= 0.6 is 32.7 Å². The summed E-state index contributed by atoms with van der Waals surface area (Å²) >= 11 is 3.14. The third-order valence-electron chi connectivity index (χ3n) is 3.84. The number of allylic oxidation sites excluding steroid dienone is 1. The first-order valence-corrected chi connectivity index (χ1v) is 18.3. The number of carbonyl (C=O) groups is 1. The molecule has 0 saturated heterocycles. The van der Waals surface area contributed by atoms with Crippen LogP contribution in [0.2, 0.25) is 0 Å². The van der Waals surface area contributed by atoms with Crippen LogP contribution in [0.4, 0.5) is 0 Å². The maximum atomic E-state index is 11.8. The van der Waals surface area contributed by atoms with Crippen molar-refractivity contribution >= 4 is 47.9 Å². The summed E-state index contributed by atoms with van der Waals surface area (Å²) in [7, 11) is 0. The van der Waals surface area contributed by atoms with Crippen LogP contribution in [0.1, 0.15) is 18.9 Å². The summed E-state index contributed by atoms with van der Waals surface area (Å²) in [4.78, 5) is 11.8. The van der Waals surface area contributed by atoms with E-state index < -0.39 is 0 Å². The van der Waals surface area contributed by atoms with E-state index in [2.05, 4.69) is 37.7 Å². The number of rotatable bonds is 9. The number of phenolic OH excluding ortho intramolecular Hbond substituents is 1. The van der Waals surface area contributed by atoms with Gasteiger partial charge in [-0.3, -0.25) is 0 Å². The molecule has 3 N–H and O–H groups in total. The first-order valence-electron chi connectivity index (χ1n) is 9.08. The van der Waals surface area contributed by atoms with Crippen LogP contribution in [-0.2, 0) is 9.53 Å². The van der Waals surface area contributed by atoms with Crippen LogP contribution in [-0.4, -0.2) is 50.6 Å². The molecule has 0 radical (unpaired) electrons. The normalized spacial score (nSPS) is 13.7. The third-order valence-corrected chi connectivity index (χ3v) is 15.0. The van der Waals surface area contributed by atoms with Crippen LogP contribution in [0.5, 0.6) is 5.75 Å². The zero-order chi connectivity index (χ0) is 20.6.